The largest absolute Gasteiger partial charge is 0.485 e. The van der Waals surface area contributed by atoms with Crippen molar-refractivity contribution >= 4 is 39.2 Å². The van der Waals surface area contributed by atoms with Gasteiger partial charge in [-0.1, -0.05) is 30.3 Å². The van der Waals surface area contributed by atoms with Gasteiger partial charge in [0.2, 0.25) is 0 Å². The Morgan fingerprint density at radius 2 is 1.84 bits per heavy atom. The first-order valence-electron chi connectivity index (χ1n) is 9.48. The second-order valence-corrected chi connectivity index (χ2v) is 7.75. The van der Waals surface area contributed by atoms with Crippen LogP contribution in [0.4, 0.5) is 10.5 Å². The van der Waals surface area contributed by atoms with Crippen molar-refractivity contribution in [2.75, 3.05) is 12.0 Å². The predicted molar refractivity (Wildman–Crippen MR) is 119 cm³/mol. The molecule has 156 valence electrons. The molecular weight excluding hydrogens is 414 g/mol. The van der Waals surface area contributed by atoms with Crippen LogP contribution in [-0.2, 0) is 11.3 Å². The highest BCUT2D eigenvalue weighted by Gasteiger charge is 2.29. The molecule has 0 atom stereocenters. The van der Waals surface area contributed by atoms with Crippen molar-refractivity contribution in [2.45, 2.75) is 13.5 Å². The number of pyridine rings is 1. The molecule has 2 amide bonds. The monoisotopic (exact) mass is 433 g/mol. The van der Waals surface area contributed by atoms with Gasteiger partial charge in [-0.3, -0.25) is 9.78 Å². The average molecular weight is 433 g/mol. The molecule has 0 aliphatic carbocycles. The van der Waals surface area contributed by atoms with Crippen molar-refractivity contribution < 1.29 is 19.1 Å². The van der Waals surface area contributed by atoms with Crippen LogP contribution in [0.25, 0.3) is 10.2 Å². The normalized spacial score (nSPS) is 10.6. The van der Waals surface area contributed by atoms with E-state index in [1.807, 2.05) is 43.3 Å². The van der Waals surface area contributed by atoms with Gasteiger partial charge in [0.15, 0.2) is 0 Å². The zero-order chi connectivity index (χ0) is 21.8. The highest BCUT2D eigenvalue weighted by Crippen LogP contribution is 2.28. The molecule has 8 heteroatoms. The summed E-state index contributed by atoms with van der Waals surface area (Å²) < 4.78 is 11.8. The number of anilines is 1. The van der Waals surface area contributed by atoms with Crippen LogP contribution in [0.2, 0.25) is 0 Å². The van der Waals surface area contributed by atoms with Gasteiger partial charge < -0.3 is 9.47 Å². The molecule has 0 N–H and O–H groups in total. The summed E-state index contributed by atoms with van der Waals surface area (Å²) in [7, 11) is 1.23. The number of hydrogen-bond donors (Lipinski definition) is 0. The number of rotatable bonds is 5. The van der Waals surface area contributed by atoms with Crippen LogP contribution in [0.3, 0.4) is 0 Å². The number of thiazole rings is 1. The number of carbonyl (C=O) groups is 2. The van der Waals surface area contributed by atoms with Crippen LogP contribution in [0.15, 0.2) is 67.0 Å². The number of imide groups is 1. The van der Waals surface area contributed by atoms with Crippen molar-refractivity contribution in [3.05, 3.63) is 83.1 Å². The van der Waals surface area contributed by atoms with E-state index >= 15 is 0 Å². The van der Waals surface area contributed by atoms with E-state index in [9.17, 15) is 9.59 Å². The molecule has 0 saturated carbocycles. The summed E-state index contributed by atoms with van der Waals surface area (Å²) in [5, 5.41) is 0.778. The molecule has 0 radical (unpaired) electrons. The van der Waals surface area contributed by atoms with Crippen molar-refractivity contribution in [2.24, 2.45) is 0 Å². The Morgan fingerprint density at radius 3 is 2.61 bits per heavy atom. The van der Waals surface area contributed by atoms with E-state index in [0.717, 1.165) is 25.7 Å². The standard InChI is InChI=1S/C23H19N3O4S/c1-15-7-3-5-9-18(15)26(23(28)29-2)22(27)16-13-24-12-11-19(16)30-14-21-25-17-8-4-6-10-20(17)31-21/h3-13H,14H2,1-2H3. The molecule has 7 nitrogen and oxygen atoms in total. The van der Waals surface area contributed by atoms with Crippen LogP contribution >= 0.6 is 11.3 Å². The van der Waals surface area contributed by atoms with E-state index in [0.29, 0.717) is 11.4 Å². The van der Waals surface area contributed by atoms with Gasteiger partial charge in [0, 0.05) is 12.4 Å². The molecule has 0 aliphatic rings. The number of benzene rings is 2. The van der Waals surface area contributed by atoms with Gasteiger partial charge in [-0.15, -0.1) is 11.3 Å². The lowest BCUT2D eigenvalue weighted by molar-refractivity contribution is 0.0971. The van der Waals surface area contributed by atoms with Crippen LogP contribution < -0.4 is 9.64 Å². The number of ether oxygens (including phenoxy) is 2. The third-order valence-electron chi connectivity index (χ3n) is 4.62. The highest BCUT2D eigenvalue weighted by atomic mass is 32.1. The molecule has 2 heterocycles. The third kappa shape index (κ3) is 4.24. The van der Waals surface area contributed by atoms with E-state index < -0.39 is 12.0 Å². The Labute approximate surface area is 182 Å². The number of fused-ring (bicyclic) bond motifs is 1. The zero-order valence-corrected chi connectivity index (χ0v) is 17.8. The van der Waals surface area contributed by atoms with Crippen LogP contribution in [0.5, 0.6) is 5.75 Å². The number of hydrogen-bond acceptors (Lipinski definition) is 7. The number of carbonyl (C=O) groups excluding carboxylic acids is 2. The topological polar surface area (TPSA) is 81.6 Å². The molecule has 31 heavy (non-hydrogen) atoms. The quantitative estimate of drug-likeness (QED) is 0.441. The Balaban J connectivity index is 1.63. The summed E-state index contributed by atoms with van der Waals surface area (Å²) in [5.41, 5.74) is 2.23. The molecule has 2 aromatic carbocycles. The predicted octanol–water partition coefficient (Wildman–Crippen LogP) is 4.99. The maximum atomic E-state index is 13.4. The molecule has 0 aliphatic heterocycles. The summed E-state index contributed by atoms with van der Waals surface area (Å²) >= 11 is 1.52. The minimum atomic E-state index is -0.791. The zero-order valence-electron chi connectivity index (χ0n) is 16.9. The van der Waals surface area contributed by atoms with E-state index in [4.69, 9.17) is 9.47 Å². The Bertz CT molecular complexity index is 1220. The van der Waals surface area contributed by atoms with E-state index in [2.05, 4.69) is 9.97 Å². The third-order valence-corrected chi connectivity index (χ3v) is 5.63. The van der Waals surface area contributed by atoms with Gasteiger partial charge in [-0.05, 0) is 36.8 Å². The van der Waals surface area contributed by atoms with Gasteiger partial charge in [0.1, 0.15) is 22.9 Å². The van der Waals surface area contributed by atoms with Crippen LogP contribution in [0, 0.1) is 6.92 Å². The number of para-hydroxylation sites is 2. The van der Waals surface area contributed by atoms with Gasteiger partial charge in [0.05, 0.1) is 23.0 Å². The minimum absolute atomic E-state index is 0.150. The van der Waals surface area contributed by atoms with E-state index in [1.165, 1.54) is 30.8 Å². The molecular formula is C23H19N3O4S. The summed E-state index contributed by atoms with van der Waals surface area (Å²) in [6, 6.07) is 16.5. The molecule has 2 aromatic heterocycles. The van der Waals surface area contributed by atoms with Gasteiger partial charge in [0.25, 0.3) is 5.91 Å². The van der Waals surface area contributed by atoms with Gasteiger partial charge in [-0.2, -0.15) is 0 Å². The molecule has 0 spiro atoms. The lowest BCUT2D eigenvalue weighted by Crippen LogP contribution is -2.37. The fourth-order valence-corrected chi connectivity index (χ4v) is 3.99. The Morgan fingerprint density at radius 1 is 1.06 bits per heavy atom. The molecule has 0 unspecified atom stereocenters. The summed E-state index contributed by atoms with van der Waals surface area (Å²) in [6.07, 6.45) is 2.12. The van der Waals surface area contributed by atoms with E-state index in [-0.39, 0.29) is 12.2 Å². The highest BCUT2D eigenvalue weighted by molar-refractivity contribution is 7.18. The first kappa shape index (κ1) is 20.5. The molecule has 4 aromatic rings. The number of amides is 2. The lowest BCUT2D eigenvalue weighted by Gasteiger charge is -2.22. The number of aryl methyl sites for hydroxylation is 1. The Kier molecular flexibility index (Phi) is 5.90. The van der Waals surface area contributed by atoms with Crippen molar-refractivity contribution in [3.8, 4) is 5.75 Å². The van der Waals surface area contributed by atoms with Crippen LogP contribution in [-0.4, -0.2) is 29.1 Å². The summed E-state index contributed by atoms with van der Waals surface area (Å²) in [6.45, 7) is 2.00. The summed E-state index contributed by atoms with van der Waals surface area (Å²) in [5.74, 6) is -0.282. The maximum Gasteiger partial charge on any atom is 0.421 e. The SMILES string of the molecule is COC(=O)N(C(=O)c1cnccc1OCc1nc2ccccc2s1)c1ccccc1C. The number of nitrogens with zero attached hydrogens (tertiary/aromatic N) is 3. The maximum absolute atomic E-state index is 13.4. The summed E-state index contributed by atoms with van der Waals surface area (Å²) in [4.78, 5) is 35.4. The number of aromatic nitrogens is 2. The van der Waals surface area contributed by atoms with Crippen molar-refractivity contribution in [3.63, 3.8) is 0 Å². The second-order valence-electron chi connectivity index (χ2n) is 6.63. The fourth-order valence-electron chi connectivity index (χ4n) is 3.11. The van der Waals surface area contributed by atoms with Crippen molar-refractivity contribution in [1.29, 1.82) is 0 Å². The smallest absolute Gasteiger partial charge is 0.421 e. The van der Waals surface area contributed by atoms with Gasteiger partial charge in [-0.25, -0.2) is 14.7 Å². The second kappa shape index (κ2) is 8.93. The molecule has 4 rings (SSSR count). The van der Waals surface area contributed by atoms with E-state index in [1.54, 1.807) is 18.2 Å². The average Bonchev–Trinajstić information content (AvgIpc) is 3.22. The minimum Gasteiger partial charge on any atom is -0.485 e. The van der Waals surface area contributed by atoms with Crippen LogP contribution in [0.1, 0.15) is 20.9 Å². The van der Waals surface area contributed by atoms with Crippen molar-refractivity contribution in [1.82, 2.24) is 9.97 Å². The fraction of sp³-hybridized carbons (Fsp3) is 0.130. The lowest BCUT2D eigenvalue weighted by atomic mass is 10.1. The molecule has 0 bridgehead atoms. The first-order chi connectivity index (χ1) is 15.1. The van der Waals surface area contributed by atoms with Gasteiger partial charge >= 0.3 is 6.09 Å². The number of methoxy groups -OCH3 is 1. The molecule has 0 saturated heterocycles. The Hall–Kier alpha value is -3.78. The molecule has 0 fully saturated rings. The first-order valence-corrected chi connectivity index (χ1v) is 10.3.